The molecule has 2 N–H and O–H groups in total. The summed E-state index contributed by atoms with van der Waals surface area (Å²) in [6.07, 6.45) is 0.769. The van der Waals surface area contributed by atoms with Crippen molar-refractivity contribution in [1.82, 2.24) is 9.88 Å². The monoisotopic (exact) mass is 473 g/mol. The topological polar surface area (TPSA) is 70.9 Å². The van der Waals surface area contributed by atoms with E-state index in [9.17, 15) is 4.39 Å². The zero-order valence-corrected chi connectivity index (χ0v) is 17.4. The van der Waals surface area contributed by atoms with E-state index in [1.54, 1.807) is 12.1 Å². The van der Waals surface area contributed by atoms with Gasteiger partial charge in [0.2, 0.25) is 0 Å². The van der Waals surface area contributed by atoms with Gasteiger partial charge in [0.1, 0.15) is 18.1 Å². The summed E-state index contributed by atoms with van der Waals surface area (Å²) < 4.78 is 18.7. The van der Waals surface area contributed by atoms with E-state index in [0.29, 0.717) is 12.5 Å². The molecule has 0 saturated carbocycles. The Morgan fingerprint density at radius 2 is 1.88 bits per heavy atom. The van der Waals surface area contributed by atoms with Gasteiger partial charge >= 0.3 is 0 Å². The van der Waals surface area contributed by atoms with Gasteiger partial charge < -0.3 is 20.0 Å². The van der Waals surface area contributed by atoms with Crippen molar-refractivity contribution in [2.45, 2.75) is 26.8 Å². The first kappa shape index (κ1) is 20.5. The fraction of sp³-hybridized carbons (Fsp3) is 0.444. The SMILES string of the molecule is CCc1nc(C)c(CN=C(N)N2CCN(c3ccc(F)cc3)CC2)o1.I. The van der Waals surface area contributed by atoms with Gasteiger partial charge in [0, 0.05) is 38.3 Å². The number of nitrogens with two attached hydrogens (primary N) is 1. The third-order valence-electron chi connectivity index (χ3n) is 4.42. The molecule has 1 saturated heterocycles. The number of oxazole rings is 1. The molecule has 3 rings (SSSR count). The predicted molar refractivity (Wildman–Crippen MR) is 112 cm³/mol. The molecule has 0 spiro atoms. The smallest absolute Gasteiger partial charge is 0.194 e. The first-order chi connectivity index (χ1) is 12.1. The number of halogens is 2. The van der Waals surface area contributed by atoms with Crippen LogP contribution in [0.25, 0.3) is 0 Å². The van der Waals surface area contributed by atoms with E-state index in [0.717, 1.165) is 55.6 Å². The molecule has 1 aliphatic heterocycles. The van der Waals surface area contributed by atoms with E-state index in [1.807, 2.05) is 13.8 Å². The van der Waals surface area contributed by atoms with Gasteiger partial charge in [0.15, 0.2) is 11.9 Å². The van der Waals surface area contributed by atoms with Crippen LogP contribution in [0.15, 0.2) is 33.7 Å². The number of aryl methyl sites for hydroxylation is 2. The Kier molecular flexibility index (Phi) is 7.24. The number of piperazine rings is 1. The lowest BCUT2D eigenvalue weighted by molar-refractivity contribution is 0.379. The van der Waals surface area contributed by atoms with Crippen molar-refractivity contribution in [1.29, 1.82) is 0 Å². The number of aliphatic imine (C=N–C) groups is 1. The van der Waals surface area contributed by atoms with Crippen LogP contribution in [-0.4, -0.2) is 42.0 Å². The van der Waals surface area contributed by atoms with Gasteiger partial charge in [-0.15, -0.1) is 24.0 Å². The summed E-state index contributed by atoms with van der Waals surface area (Å²) in [5, 5.41) is 0. The minimum atomic E-state index is -0.215. The standard InChI is InChI=1S/C18H24FN5O.HI/c1-3-17-22-13(2)16(25-17)12-21-18(20)24-10-8-23(9-11-24)15-6-4-14(19)5-7-15;/h4-7H,3,8-12H2,1-2H3,(H2,20,21);1H. The molecule has 8 heteroatoms. The number of anilines is 1. The van der Waals surface area contributed by atoms with Crippen LogP contribution in [0.5, 0.6) is 0 Å². The summed E-state index contributed by atoms with van der Waals surface area (Å²) in [5.74, 6) is 1.80. The van der Waals surface area contributed by atoms with E-state index >= 15 is 0 Å². The maximum atomic E-state index is 13.0. The highest BCUT2D eigenvalue weighted by molar-refractivity contribution is 14.0. The minimum Gasteiger partial charge on any atom is -0.443 e. The minimum absolute atomic E-state index is 0. The second-order valence-corrected chi connectivity index (χ2v) is 6.09. The average Bonchev–Trinajstić information content (AvgIpc) is 3.00. The molecule has 142 valence electrons. The molecule has 0 radical (unpaired) electrons. The van der Waals surface area contributed by atoms with Crippen LogP contribution in [0.3, 0.4) is 0 Å². The summed E-state index contributed by atoms with van der Waals surface area (Å²) in [7, 11) is 0. The molecule has 1 fully saturated rings. The highest BCUT2D eigenvalue weighted by Crippen LogP contribution is 2.17. The van der Waals surface area contributed by atoms with Gasteiger partial charge in [0.25, 0.3) is 0 Å². The molecular formula is C18H25FIN5O. The highest BCUT2D eigenvalue weighted by Gasteiger charge is 2.19. The van der Waals surface area contributed by atoms with Crippen LogP contribution in [-0.2, 0) is 13.0 Å². The normalized spacial score (nSPS) is 15.1. The molecule has 26 heavy (non-hydrogen) atoms. The number of aromatic nitrogens is 1. The van der Waals surface area contributed by atoms with Gasteiger partial charge in [-0.25, -0.2) is 14.4 Å². The van der Waals surface area contributed by atoms with Crippen molar-refractivity contribution in [3.8, 4) is 0 Å². The molecule has 6 nitrogen and oxygen atoms in total. The first-order valence-electron chi connectivity index (χ1n) is 8.57. The van der Waals surface area contributed by atoms with E-state index in [2.05, 4.69) is 19.8 Å². The Labute approximate surface area is 170 Å². The zero-order valence-electron chi connectivity index (χ0n) is 15.1. The van der Waals surface area contributed by atoms with Gasteiger partial charge in [-0.2, -0.15) is 0 Å². The third-order valence-corrected chi connectivity index (χ3v) is 4.42. The first-order valence-corrected chi connectivity index (χ1v) is 8.57. The fourth-order valence-electron chi connectivity index (χ4n) is 2.88. The lowest BCUT2D eigenvalue weighted by Gasteiger charge is -2.36. The molecule has 1 aromatic heterocycles. The lowest BCUT2D eigenvalue weighted by Crippen LogP contribution is -2.51. The van der Waals surface area contributed by atoms with Crippen molar-refractivity contribution >= 4 is 35.6 Å². The van der Waals surface area contributed by atoms with Crippen molar-refractivity contribution < 1.29 is 8.81 Å². The van der Waals surface area contributed by atoms with Crippen LogP contribution in [0, 0.1) is 12.7 Å². The molecule has 0 amide bonds. The number of benzene rings is 1. The van der Waals surface area contributed by atoms with Crippen LogP contribution in [0.2, 0.25) is 0 Å². The quantitative estimate of drug-likeness (QED) is 0.420. The summed E-state index contributed by atoms with van der Waals surface area (Å²) in [6.45, 7) is 7.54. The molecule has 0 aliphatic carbocycles. The molecule has 1 aliphatic rings. The van der Waals surface area contributed by atoms with Crippen molar-refractivity contribution in [2.24, 2.45) is 10.7 Å². The van der Waals surface area contributed by atoms with Crippen molar-refractivity contribution in [3.63, 3.8) is 0 Å². The van der Waals surface area contributed by atoms with Crippen LogP contribution >= 0.6 is 24.0 Å². The van der Waals surface area contributed by atoms with Crippen LogP contribution in [0.4, 0.5) is 10.1 Å². The van der Waals surface area contributed by atoms with Gasteiger partial charge in [-0.1, -0.05) is 6.92 Å². The number of nitrogens with zero attached hydrogens (tertiary/aromatic N) is 4. The van der Waals surface area contributed by atoms with Crippen LogP contribution in [0.1, 0.15) is 24.3 Å². The predicted octanol–water partition coefficient (Wildman–Crippen LogP) is 2.94. The van der Waals surface area contributed by atoms with Crippen LogP contribution < -0.4 is 10.6 Å². The second kappa shape index (κ2) is 9.20. The molecule has 1 aromatic carbocycles. The Bertz CT molecular complexity index is 739. The summed E-state index contributed by atoms with van der Waals surface area (Å²) in [5.41, 5.74) is 8.03. The average molecular weight is 473 g/mol. The lowest BCUT2D eigenvalue weighted by atomic mass is 10.2. The maximum absolute atomic E-state index is 13.0. The largest absolute Gasteiger partial charge is 0.443 e. The Morgan fingerprint density at radius 1 is 1.23 bits per heavy atom. The summed E-state index contributed by atoms with van der Waals surface area (Å²) in [4.78, 5) is 13.1. The zero-order chi connectivity index (χ0) is 17.8. The van der Waals surface area contributed by atoms with Crippen molar-refractivity contribution in [2.75, 3.05) is 31.1 Å². The van der Waals surface area contributed by atoms with Crippen molar-refractivity contribution in [3.05, 3.63) is 47.4 Å². The molecule has 0 unspecified atom stereocenters. The summed E-state index contributed by atoms with van der Waals surface area (Å²) >= 11 is 0. The summed E-state index contributed by atoms with van der Waals surface area (Å²) in [6, 6.07) is 6.59. The molecule has 2 heterocycles. The Morgan fingerprint density at radius 3 is 2.46 bits per heavy atom. The molecular weight excluding hydrogens is 448 g/mol. The number of hydrogen-bond acceptors (Lipinski definition) is 4. The van der Waals surface area contributed by atoms with E-state index in [-0.39, 0.29) is 29.8 Å². The number of rotatable bonds is 4. The third kappa shape index (κ3) is 4.87. The maximum Gasteiger partial charge on any atom is 0.194 e. The van der Waals surface area contributed by atoms with Gasteiger partial charge in [0.05, 0.1) is 5.69 Å². The van der Waals surface area contributed by atoms with E-state index < -0.39 is 0 Å². The highest BCUT2D eigenvalue weighted by atomic mass is 127. The van der Waals surface area contributed by atoms with Gasteiger partial charge in [-0.3, -0.25) is 0 Å². The molecule has 0 atom stereocenters. The Hall–Kier alpha value is -1.84. The fourth-order valence-corrected chi connectivity index (χ4v) is 2.88. The van der Waals surface area contributed by atoms with E-state index in [1.165, 1.54) is 12.1 Å². The number of hydrogen-bond donors (Lipinski definition) is 1. The Balaban J connectivity index is 0.00000243. The number of guanidine groups is 1. The molecule has 0 bridgehead atoms. The van der Waals surface area contributed by atoms with Gasteiger partial charge in [-0.05, 0) is 31.2 Å². The van der Waals surface area contributed by atoms with E-state index in [4.69, 9.17) is 10.2 Å². The molecule has 2 aromatic rings. The second-order valence-electron chi connectivity index (χ2n) is 6.09.